The minimum absolute atomic E-state index is 1.26. The summed E-state index contributed by atoms with van der Waals surface area (Å²) in [6.45, 7) is 0. The molecule has 21 heavy (non-hydrogen) atoms. The molecule has 3 rings (SSSR count). The molecule has 0 aromatic heterocycles. The zero-order chi connectivity index (χ0) is 14.5. The number of rotatable bonds is 3. The minimum atomic E-state index is 1.26. The van der Waals surface area contributed by atoms with Crippen molar-refractivity contribution in [2.24, 2.45) is 0 Å². The van der Waals surface area contributed by atoms with E-state index < -0.39 is 0 Å². The van der Waals surface area contributed by atoms with Gasteiger partial charge in [-0.3, -0.25) is 0 Å². The van der Waals surface area contributed by atoms with Crippen LogP contribution in [0.4, 0.5) is 0 Å². The second-order valence-electron chi connectivity index (χ2n) is 4.95. The average molecular weight is 289 g/mol. The summed E-state index contributed by atoms with van der Waals surface area (Å²) in [5.41, 5.74) is 5.11. The van der Waals surface area contributed by atoms with Crippen LogP contribution in [-0.2, 0) is 0 Å². The van der Waals surface area contributed by atoms with E-state index >= 15 is 0 Å². The van der Waals surface area contributed by atoms with Gasteiger partial charge in [0.1, 0.15) is 5.31 Å². The van der Waals surface area contributed by atoms with Crippen LogP contribution in [0.1, 0.15) is 16.7 Å². The topological polar surface area (TPSA) is 0 Å². The van der Waals surface area contributed by atoms with E-state index in [0.717, 1.165) is 0 Å². The first-order valence-corrected chi connectivity index (χ1v) is 7.79. The summed E-state index contributed by atoms with van der Waals surface area (Å²) in [4.78, 5) is 0. The third kappa shape index (κ3) is 3.12. The van der Waals surface area contributed by atoms with Gasteiger partial charge in [-0.25, -0.2) is 0 Å². The van der Waals surface area contributed by atoms with Gasteiger partial charge in [-0.15, -0.1) is 0 Å². The van der Waals surface area contributed by atoms with E-state index in [2.05, 4.69) is 91.0 Å². The van der Waals surface area contributed by atoms with E-state index in [0.29, 0.717) is 0 Å². The minimum Gasteiger partial charge on any atom is -0.0622 e. The Morgan fingerprint density at radius 2 is 0.810 bits per heavy atom. The van der Waals surface area contributed by atoms with Crippen molar-refractivity contribution < 1.29 is 0 Å². The summed E-state index contributed by atoms with van der Waals surface area (Å²) in [5.74, 6) is 0. The Hall–Kier alpha value is -2.17. The molecule has 1 atom stereocenters. The molecule has 1 heteroatoms. The van der Waals surface area contributed by atoms with E-state index in [4.69, 9.17) is 0 Å². The molecular weight excluding hydrogens is 271 g/mol. The first-order valence-electron chi connectivity index (χ1n) is 7.09. The molecule has 1 unspecified atom stereocenters. The Morgan fingerprint density at radius 3 is 1.19 bits per heavy atom. The Labute approximate surface area is 128 Å². The van der Waals surface area contributed by atoms with Gasteiger partial charge in [-0.2, -0.15) is 0 Å². The molecule has 0 amide bonds. The zero-order valence-electron chi connectivity index (χ0n) is 11.9. The van der Waals surface area contributed by atoms with Gasteiger partial charge in [0.05, 0.1) is 0 Å². The van der Waals surface area contributed by atoms with Crippen molar-refractivity contribution in [3.63, 3.8) is 0 Å². The zero-order valence-corrected chi connectivity index (χ0v) is 13.3. The van der Waals surface area contributed by atoms with Crippen molar-refractivity contribution >= 4 is 20.1 Å². The standard InChI is InChI=1S/C20H17P/c21-20(18-14-8-3-9-15-18)19(16-10-4-1-5-11-16)17-12-6-2-7-13-17/h1-15H,21H2/p+1. The summed E-state index contributed by atoms with van der Waals surface area (Å²) in [7, 11) is 1.96. The molecule has 0 saturated carbocycles. The van der Waals surface area contributed by atoms with Crippen molar-refractivity contribution in [2.75, 3.05) is 0 Å². The largest absolute Gasteiger partial charge is 0.102 e. The third-order valence-corrected chi connectivity index (χ3v) is 4.31. The van der Waals surface area contributed by atoms with Gasteiger partial charge in [0.25, 0.3) is 0 Å². The van der Waals surface area contributed by atoms with Crippen LogP contribution in [0.5, 0.6) is 0 Å². The average Bonchev–Trinajstić information content (AvgIpc) is 2.58. The highest BCUT2D eigenvalue weighted by Gasteiger charge is 2.13. The van der Waals surface area contributed by atoms with E-state index in [9.17, 15) is 0 Å². The van der Waals surface area contributed by atoms with Crippen molar-refractivity contribution in [3.05, 3.63) is 108 Å². The highest BCUT2D eigenvalue weighted by Crippen LogP contribution is 2.35. The van der Waals surface area contributed by atoms with Gasteiger partial charge in [0.2, 0.25) is 0 Å². The second kappa shape index (κ2) is 6.52. The Bertz CT molecular complexity index is 687. The van der Waals surface area contributed by atoms with E-state index in [-0.39, 0.29) is 0 Å². The lowest BCUT2D eigenvalue weighted by Gasteiger charge is -2.10. The number of hydrogen-bond donors (Lipinski definition) is 0. The molecule has 102 valence electrons. The SMILES string of the molecule is [PH3+]C(=C(c1ccccc1)c1ccccc1)c1ccccc1. The van der Waals surface area contributed by atoms with Crippen LogP contribution in [0.3, 0.4) is 0 Å². The third-order valence-electron chi connectivity index (χ3n) is 3.55. The second-order valence-corrected chi connectivity index (χ2v) is 5.66. The maximum atomic E-state index is 2.18. The first-order chi connectivity index (χ1) is 10.4. The lowest BCUT2D eigenvalue weighted by Crippen LogP contribution is -1.90. The molecule has 0 N–H and O–H groups in total. The normalized spacial score (nSPS) is 10.3. The van der Waals surface area contributed by atoms with Gasteiger partial charge in [0, 0.05) is 20.4 Å². The number of benzene rings is 3. The van der Waals surface area contributed by atoms with Gasteiger partial charge in [-0.1, -0.05) is 91.0 Å². The first kappa shape index (κ1) is 13.8. The van der Waals surface area contributed by atoms with Crippen LogP contribution in [0.15, 0.2) is 91.0 Å². The molecule has 0 nitrogen and oxygen atoms in total. The van der Waals surface area contributed by atoms with Gasteiger partial charge in [0.15, 0.2) is 0 Å². The molecule has 0 heterocycles. The fraction of sp³-hybridized carbons (Fsp3) is 0. The van der Waals surface area contributed by atoms with Crippen molar-refractivity contribution in [1.82, 2.24) is 0 Å². The van der Waals surface area contributed by atoms with Crippen molar-refractivity contribution in [1.29, 1.82) is 0 Å². The van der Waals surface area contributed by atoms with Crippen LogP contribution < -0.4 is 0 Å². The predicted octanol–water partition coefficient (Wildman–Crippen LogP) is 5.21. The lowest BCUT2D eigenvalue weighted by molar-refractivity contribution is 1.55. The lowest BCUT2D eigenvalue weighted by atomic mass is 9.95. The molecule has 0 fully saturated rings. The molecule has 0 aliphatic rings. The monoisotopic (exact) mass is 289 g/mol. The van der Waals surface area contributed by atoms with E-state index in [1.54, 1.807) is 0 Å². The van der Waals surface area contributed by atoms with E-state index in [1.165, 1.54) is 27.6 Å². The molecule has 0 bridgehead atoms. The van der Waals surface area contributed by atoms with Crippen molar-refractivity contribution in [2.45, 2.75) is 0 Å². The molecule has 0 radical (unpaired) electrons. The van der Waals surface area contributed by atoms with Crippen LogP contribution in [0.25, 0.3) is 10.9 Å². The molecule has 3 aromatic rings. The molecule has 0 spiro atoms. The van der Waals surface area contributed by atoms with Crippen LogP contribution in [-0.4, -0.2) is 0 Å². The summed E-state index contributed by atoms with van der Waals surface area (Å²) in [5, 5.41) is 1.33. The smallest absolute Gasteiger partial charge is 0.0622 e. The quantitative estimate of drug-likeness (QED) is 0.458. The highest BCUT2D eigenvalue weighted by molar-refractivity contribution is 7.32. The highest BCUT2D eigenvalue weighted by atomic mass is 31.0. The summed E-state index contributed by atoms with van der Waals surface area (Å²) >= 11 is 0. The fourth-order valence-electron chi connectivity index (χ4n) is 2.51. The van der Waals surface area contributed by atoms with Gasteiger partial charge >= 0.3 is 0 Å². The van der Waals surface area contributed by atoms with Crippen LogP contribution in [0.2, 0.25) is 0 Å². The van der Waals surface area contributed by atoms with Crippen LogP contribution >= 0.6 is 9.24 Å². The van der Waals surface area contributed by atoms with E-state index in [1.807, 2.05) is 9.24 Å². The maximum absolute atomic E-state index is 2.18. The Morgan fingerprint density at radius 1 is 0.476 bits per heavy atom. The maximum Gasteiger partial charge on any atom is 0.102 e. The fourth-order valence-corrected chi connectivity index (χ4v) is 3.15. The number of hydrogen-bond acceptors (Lipinski definition) is 0. The summed E-state index contributed by atoms with van der Waals surface area (Å²) in [6, 6.07) is 31.8. The van der Waals surface area contributed by atoms with Crippen LogP contribution in [0, 0.1) is 0 Å². The predicted molar refractivity (Wildman–Crippen MR) is 96.3 cm³/mol. The summed E-state index contributed by atoms with van der Waals surface area (Å²) < 4.78 is 0. The van der Waals surface area contributed by atoms with Gasteiger partial charge in [-0.05, 0) is 11.1 Å². The molecular formula is C20H18P+. The Kier molecular flexibility index (Phi) is 4.28. The Balaban J connectivity index is 2.22. The summed E-state index contributed by atoms with van der Waals surface area (Å²) in [6.07, 6.45) is 0. The molecule has 3 aromatic carbocycles. The molecule has 0 saturated heterocycles. The molecule has 0 aliphatic carbocycles. The molecule has 0 aliphatic heterocycles. The van der Waals surface area contributed by atoms with Crippen molar-refractivity contribution in [3.8, 4) is 0 Å². The van der Waals surface area contributed by atoms with Gasteiger partial charge < -0.3 is 0 Å².